The van der Waals surface area contributed by atoms with Crippen molar-refractivity contribution in [2.45, 2.75) is 6.92 Å². The van der Waals surface area contributed by atoms with E-state index in [1.807, 2.05) is 25.1 Å². The number of hydrogen-bond acceptors (Lipinski definition) is 4. The third-order valence-corrected chi connectivity index (χ3v) is 4.69. The van der Waals surface area contributed by atoms with Gasteiger partial charge in [-0.2, -0.15) is 0 Å². The quantitative estimate of drug-likeness (QED) is 0.540. The van der Waals surface area contributed by atoms with Gasteiger partial charge in [0, 0.05) is 34.4 Å². The summed E-state index contributed by atoms with van der Waals surface area (Å²) in [6, 6.07) is 12.5. The molecule has 26 heavy (non-hydrogen) atoms. The summed E-state index contributed by atoms with van der Waals surface area (Å²) in [5.41, 5.74) is 3.69. The smallest absolute Gasteiger partial charge is 0.408 e. The minimum absolute atomic E-state index is 0.253. The Bertz CT molecular complexity index is 1240. The molecule has 0 aliphatic carbocycles. The maximum absolute atomic E-state index is 12.8. The van der Waals surface area contributed by atoms with Gasteiger partial charge in [0.25, 0.3) is 5.91 Å². The van der Waals surface area contributed by atoms with Crippen molar-refractivity contribution >= 4 is 49.5 Å². The van der Waals surface area contributed by atoms with Gasteiger partial charge in [-0.15, -0.1) is 0 Å². The number of carbonyl (C=O) groups excluding carboxylic acids is 1. The van der Waals surface area contributed by atoms with Crippen LogP contribution < -0.4 is 11.1 Å². The van der Waals surface area contributed by atoms with Crippen LogP contribution in [0, 0.1) is 6.92 Å². The van der Waals surface area contributed by atoms with Gasteiger partial charge in [-0.05, 0) is 43.3 Å². The normalized spacial score (nSPS) is 11.2. The van der Waals surface area contributed by atoms with Crippen LogP contribution in [0.1, 0.15) is 16.1 Å². The Morgan fingerprint density at radius 2 is 2.00 bits per heavy atom. The van der Waals surface area contributed by atoms with Crippen LogP contribution >= 0.6 is 15.9 Å². The lowest BCUT2D eigenvalue weighted by molar-refractivity contribution is 0.102. The van der Waals surface area contributed by atoms with E-state index in [0.717, 1.165) is 21.1 Å². The number of nitrogens with one attached hydrogen (secondary N) is 1. The lowest BCUT2D eigenvalue weighted by Crippen LogP contribution is -2.13. The zero-order chi connectivity index (χ0) is 18.4. The molecule has 2 heterocycles. The van der Waals surface area contributed by atoms with Gasteiger partial charge >= 0.3 is 5.76 Å². The molecule has 2 aromatic heterocycles. The number of nitrogens with zero attached hydrogens (tertiary/aromatic N) is 2. The van der Waals surface area contributed by atoms with Gasteiger partial charge < -0.3 is 9.73 Å². The van der Waals surface area contributed by atoms with Gasteiger partial charge in [0.2, 0.25) is 0 Å². The van der Waals surface area contributed by atoms with E-state index >= 15 is 0 Å². The first-order valence-corrected chi connectivity index (χ1v) is 8.69. The van der Waals surface area contributed by atoms with Gasteiger partial charge in [-0.3, -0.25) is 14.3 Å². The first kappa shape index (κ1) is 16.5. The minimum Gasteiger partial charge on any atom is -0.408 e. The molecule has 0 bridgehead atoms. The molecular weight excluding hydrogens is 398 g/mol. The molecule has 1 N–H and O–H groups in total. The summed E-state index contributed by atoms with van der Waals surface area (Å²) >= 11 is 3.43. The van der Waals surface area contributed by atoms with Gasteiger partial charge in [0.15, 0.2) is 5.58 Å². The molecule has 4 aromatic rings. The number of fused-ring (bicyclic) bond motifs is 2. The van der Waals surface area contributed by atoms with Crippen LogP contribution in [0.2, 0.25) is 0 Å². The highest BCUT2D eigenvalue weighted by molar-refractivity contribution is 9.10. The van der Waals surface area contributed by atoms with Crippen LogP contribution in [0.3, 0.4) is 0 Å². The lowest BCUT2D eigenvalue weighted by Gasteiger charge is -2.09. The molecule has 0 fully saturated rings. The maximum Gasteiger partial charge on any atom is 0.419 e. The number of aryl methyl sites for hydroxylation is 2. The van der Waals surface area contributed by atoms with Crippen LogP contribution in [0.5, 0.6) is 0 Å². The highest BCUT2D eigenvalue weighted by atomic mass is 79.9. The van der Waals surface area contributed by atoms with E-state index in [0.29, 0.717) is 22.4 Å². The predicted molar refractivity (Wildman–Crippen MR) is 104 cm³/mol. The fraction of sp³-hybridized carbons (Fsp3) is 0.105. The summed E-state index contributed by atoms with van der Waals surface area (Å²) < 4.78 is 7.46. The number of rotatable bonds is 2. The molecule has 0 radical (unpaired) electrons. The second-order valence-electron chi connectivity index (χ2n) is 6.04. The standard InChI is InChI=1S/C19H14BrN3O3/c1-10-7-14(13-8-11(20)3-5-15(13)21-10)18(24)22-12-4-6-16-17(9-12)26-19(25)23(16)2/h3-9H,1-2H3,(H,22,24). The lowest BCUT2D eigenvalue weighted by atomic mass is 10.1. The van der Waals surface area contributed by atoms with Crippen molar-refractivity contribution in [2.75, 3.05) is 5.32 Å². The van der Waals surface area contributed by atoms with Gasteiger partial charge in [-0.1, -0.05) is 15.9 Å². The van der Waals surface area contributed by atoms with Crippen molar-refractivity contribution in [2.24, 2.45) is 7.05 Å². The molecule has 2 aromatic carbocycles. The molecule has 0 aliphatic rings. The van der Waals surface area contributed by atoms with Gasteiger partial charge in [-0.25, -0.2) is 4.79 Å². The summed E-state index contributed by atoms with van der Waals surface area (Å²) in [4.78, 5) is 28.9. The number of amides is 1. The van der Waals surface area contributed by atoms with Crippen LogP contribution in [0.25, 0.3) is 22.0 Å². The van der Waals surface area contributed by atoms with Crippen molar-refractivity contribution in [1.29, 1.82) is 0 Å². The molecule has 1 amide bonds. The summed E-state index contributed by atoms with van der Waals surface area (Å²) in [6.07, 6.45) is 0. The van der Waals surface area contributed by atoms with Crippen LogP contribution in [-0.4, -0.2) is 15.5 Å². The summed E-state index contributed by atoms with van der Waals surface area (Å²) in [5, 5.41) is 3.62. The predicted octanol–water partition coefficient (Wildman–Crippen LogP) is 4.00. The molecule has 0 saturated carbocycles. The van der Waals surface area contributed by atoms with E-state index in [-0.39, 0.29) is 5.91 Å². The third-order valence-electron chi connectivity index (χ3n) is 4.19. The first-order valence-electron chi connectivity index (χ1n) is 7.90. The average Bonchev–Trinajstić information content (AvgIpc) is 2.88. The second kappa shape index (κ2) is 6.10. The van der Waals surface area contributed by atoms with Crippen LogP contribution in [0.15, 0.2) is 56.1 Å². The molecule has 7 heteroatoms. The summed E-state index contributed by atoms with van der Waals surface area (Å²) in [5.74, 6) is -0.694. The summed E-state index contributed by atoms with van der Waals surface area (Å²) in [6.45, 7) is 1.85. The SMILES string of the molecule is Cc1cc(C(=O)Nc2ccc3c(c2)oc(=O)n3C)c2cc(Br)ccc2n1. The summed E-state index contributed by atoms with van der Waals surface area (Å²) in [7, 11) is 1.64. The molecule has 130 valence electrons. The zero-order valence-electron chi connectivity index (χ0n) is 14.0. The number of aromatic nitrogens is 2. The van der Waals surface area contributed by atoms with Crippen LogP contribution in [-0.2, 0) is 7.05 Å². The molecule has 0 atom stereocenters. The minimum atomic E-state index is -0.441. The van der Waals surface area contributed by atoms with E-state index in [9.17, 15) is 9.59 Å². The Kier molecular flexibility index (Phi) is 3.88. The van der Waals surface area contributed by atoms with E-state index in [1.54, 1.807) is 31.3 Å². The van der Waals surface area contributed by atoms with Crippen molar-refractivity contribution in [3.8, 4) is 0 Å². The number of oxazole rings is 1. The number of anilines is 1. The highest BCUT2D eigenvalue weighted by Crippen LogP contribution is 2.24. The molecule has 0 saturated heterocycles. The van der Waals surface area contributed by atoms with Crippen molar-refractivity contribution in [3.05, 3.63) is 68.7 Å². The Morgan fingerprint density at radius 3 is 2.81 bits per heavy atom. The monoisotopic (exact) mass is 411 g/mol. The van der Waals surface area contributed by atoms with Gasteiger partial charge in [0.05, 0.1) is 16.6 Å². The number of halogens is 1. The Balaban J connectivity index is 1.76. The molecule has 0 aliphatic heterocycles. The van der Waals surface area contributed by atoms with Crippen molar-refractivity contribution < 1.29 is 9.21 Å². The van der Waals surface area contributed by atoms with Gasteiger partial charge in [0.1, 0.15) is 0 Å². The topological polar surface area (TPSA) is 77.1 Å². The number of hydrogen-bond donors (Lipinski definition) is 1. The van der Waals surface area contributed by atoms with E-state index in [2.05, 4.69) is 26.2 Å². The molecule has 0 spiro atoms. The zero-order valence-corrected chi connectivity index (χ0v) is 15.6. The third kappa shape index (κ3) is 2.80. The fourth-order valence-electron chi connectivity index (χ4n) is 2.93. The maximum atomic E-state index is 12.8. The molecular formula is C19H14BrN3O3. The highest BCUT2D eigenvalue weighted by Gasteiger charge is 2.14. The van der Waals surface area contributed by atoms with E-state index in [4.69, 9.17) is 4.42 Å². The second-order valence-corrected chi connectivity index (χ2v) is 6.95. The van der Waals surface area contributed by atoms with E-state index in [1.165, 1.54) is 4.57 Å². The average molecular weight is 412 g/mol. The molecule has 4 rings (SSSR count). The Morgan fingerprint density at radius 1 is 1.19 bits per heavy atom. The molecule has 0 unspecified atom stereocenters. The number of benzene rings is 2. The van der Waals surface area contributed by atoms with E-state index < -0.39 is 5.76 Å². The van der Waals surface area contributed by atoms with Crippen molar-refractivity contribution in [3.63, 3.8) is 0 Å². The van der Waals surface area contributed by atoms with Crippen molar-refractivity contribution in [1.82, 2.24) is 9.55 Å². The molecule has 6 nitrogen and oxygen atoms in total. The van der Waals surface area contributed by atoms with Crippen LogP contribution in [0.4, 0.5) is 5.69 Å². The largest absolute Gasteiger partial charge is 0.419 e. The first-order chi connectivity index (χ1) is 12.4. The Hall–Kier alpha value is -2.93. The number of carbonyl (C=O) groups is 1. The Labute approximate surface area is 156 Å². The number of pyridine rings is 1. The fourth-order valence-corrected chi connectivity index (χ4v) is 3.29.